The van der Waals surface area contributed by atoms with Crippen LogP contribution < -0.4 is 5.32 Å². The highest BCUT2D eigenvalue weighted by Crippen LogP contribution is 2.17. The molecule has 1 aromatic rings. The number of rotatable bonds is 3. The standard InChI is InChI=1S/C8H11N3OS/c12-7-2-1-6(11-7)5-13-8-9-3-4-10-8/h3-4,6H,1-2,5H2,(H,9,10)(H,11,12). The summed E-state index contributed by atoms with van der Waals surface area (Å²) in [6.45, 7) is 0. The van der Waals surface area contributed by atoms with Crippen molar-refractivity contribution in [2.45, 2.75) is 24.0 Å². The highest BCUT2D eigenvalue weighted by molar-refractivity contribution is 7.99. The number of aromatic amines is 1. The Bertz CT molecular complexity index is 286. The average Bonchev–Trinajstić information content (AvgIpc) is 2.71. The second-order valence-electron chi connectivity index (χ2n) is 3.01. The number of thioether (sulfide) groups is 1. The van der Waals surface area contributed by atoms with Crippen LogP contribution in [0.5, 0.6) is 0 Å². The van der Waals surface area contributed by atoms with Gasteiger partial charge >= 0.3 is 0 Å². The van der Waals surface area contributed by atoms with Crippen molar-refractivity contribution in [3.8, 4) is 0 Å². The van der Waals surface area contributed by atoms with Crippen molar-refractivity contribution in [1.82, 2.24) is 15.3 Å². The number of carbonyl (C=O) groups is 1. The summed E-state index contributed by atoms with van der Waals surface area (Å²) in [5, 5.41) is 3.83. The van der Waals surface area contributed by atoms with E-state index in [1.54, 1.807) is 24.2 Å². The van der Waals surface area contributed by atoms with Gasteiger partial charge < -0.3 is 10.3 Å². The van der Waals surface area contributed by atoms with Crippen LogP contribution in [0, 0.1) is 0 Å². The van der Waals surface area contributed by atoms with Gasteiger partial charge in [0.2, 0.25) is 5.91 Å². The number of nitrogens with zero attached hydrogens (tertiary/aromatic N) is 1. The number of amides is 1. The first-order valence-electron chi connectivity index (χ1n) is 4.26. The summed E-state index contributed by atoms with van der Waals surface area (Å²) in [5.74, 6) is 1.07. The molecule has 0 saturated carbocycles. The molecule has 0 radical (unpaired) electrons. The fourth-order valence-electron chi connectivity index (χ4n) is 1.31. The van der Waals surface area contributed by atoms with Gasteiger partial charge in [-0.15, -0.1) is 0 Å². The molecular weight excluding hydrogens is 186 g/mol. The lowest BCUT2D eigenvalue weighted by atomic mass is 10.2. The van der Waals surface area contributed by atoms with Gasteiger partial charge in [0.25, 0.3) is 0 Å². The second-order valence-corrected chi connectivity index (χ2v) is 4.02. The molecule has 1 aromatic heterocycles. The molecule has 1 aliphatic rings. The fraction of sp³-hybridized carbons (Fsp3) is 0.500. The molecule has 0 bridgehead atoms. The molecule has 5 heteroatoms. The summed E-state index contributed by atoms with van der Waals surface area (Å²) < 4.78 is 0. The predicted octanol–water partition coefficient (Wildman–Crippen LogP) is 0.780. The van der Waals surface area contributed by atoms with Gasteiger partial charge in [-0.05, 0) is 6.42 Å². The van der Waals surface area contributed by atoms with E-state index in [1.165, 1.54) is 0 Å². The third-order valence-electron chi connectivity index (χ3n) is 1.98. The number of H-pyrrole nitrogens is 1. The molecule has 0 aromatic carbocycles. The molecule has 1 unspecified atom stereocenters. The Balaban J connectivity index is 1.77. The molecule has 0 aliphatic carbocycles. The van der Waals surface area contributed by atoms with E-state index >= 15 is 0 Å². The minimum Gasteiger partial charge on any atom is -0.353 e. The van der Waals surface area contributed by atoms with E-state index in [0.29, 0.717) is 12.5 Å². The highest BCUT2D eigenvalue weighted by Gasteiger charge is 2.20. The van der Waals surface area contributed by atoms with E-state index < -0.39 is 0 Å². The van der Waals surface area contributed by atoms with E-state index in [2.05, 4.69) is 15.3 Å². The fourth-order valence-corrected chi connectivity index (χ4v) is 2.21. The van der Waals surface area contributed by atoms with E-state index in [9.17, 15) is 4.79 Å². The Kier molecular flexibility index (Phi) is 2.54. The maximum atomic E-state index is 10.9. The molecule has 2 heterocycles. The van der Waals surface area contributed by atoms with Crippen molar-refractivity contribution >= 4 is 17.7 Å². The zero-order chi connectivity index (χ0) is 9.10. The molecule has 1 fully saturated rings. The number of aromatic nitrogens is 2. The van der Waals surface area contributed by atoms with Crippen LogP contribution in [0.25, 0.3) is 0 Å². The maximum Gasteiger partial charge on any atom is 0.220 e. The molecule has 1 atom stereocenters. The smallest absolute Gasteiger partial charge is 0.220 e. The van der Waals surface area contributed by atoms with E-state index in [-0.39, 0.29) is 5.91 Å². The molecule has 1 amide bonds. The molecule has 4 nitrogen and oxygen atoms in total. The average molecular weight is 197 g/mol. The number of imidazole rings is 1. The minimum atomic E-state index is 0.171. The zero-order valence-corrected chi connectivity index (χ0v) is 7.93. The molecule has 70 valence electrons. The lowest BCUT2D eigenvalue weighted by Gasteiger charge is -2.06. The Hall–Kier alpha value is -0.970. The summed E-state index contributed by atoms with van der Waals surface area (Å²) in [5.41, 5.74) is 0. The zero-order valence-electron chi connectivity index (χ0n) is 7.12. The van der Waals surface area contributed by atoms with Crippen molar-refractivity contribution < 1.29 is 4.79 Å². The first-order chi connectivity index (χ1) is 6.34. The molecule has 2 N–H and O–H groups in total. The topological polar surface area (TPSA) is 57.8 Å². The van der Waals surface area contributed by atoms with Gasteiger partial charge in [-0.1, -0.05) is 11.8 Å². The van der Waals surface area contributed by atoms with Gasteiger partial charge in [0, 0.05) is 30.6 Å². The van der Waals surface area contributed by atoms with Crippen molar-refractivity contribution in [3.63, 3.8) is 0 Å². The summed E-state index contributed by atoms with van der Waals surface area (Å²) in [6.07, 6.45) is 5.15. The van der Waals surface area contributed by atoms with Gasteiger partial charge in [-0.2, -0.15) is 0 Å². The Labute approximate surface area is 80.5 Å². The van der Waals surface area contributed by atoms with Crippen molar-refractivity contribution in [2.75, 3.05) is 5.75 Å². The predicted molar refractivity (Wildman–Crippen MR) is 50.5 cm³/mol. The van der Waals surface area contributed by atoms with Crippen LogP contribution in [0.2, 0.25) is 0 Å². The number of hydrogen-bond acceptors (Lipinski definition) is 3. The minimum absolute atomic E-state index is 0.171. The number of nitrogens with one attached hydrogen (secondary N) is 2. The van der Waals surface area contributed by atoms with Crippen LogP contribution in [0.4, 0.5) is 0 Å². The Morgan fingerprint density at radius 2 is 2.62 bits per heavy atom. The van der Waals surface area contributed by atoms with Crippen LogP contribution in [-0.4, -0.2) is 27.7 Å². The Morgan fingerprint density at radius 3 is 3.23 bits per heavy atom. The van der Waals surface area contributed by atoms with E-state index in [0.717, 1.165) is 17.3 Å². The largest absolute Gasteiger partial charge is 0.353 e. The highest BCUT2D eigenvalue weighted by atomic mass is 32.2. The SMILES string of the molecule is O=C1CCC(CSc2ncc[nH]2)N1. The molecular formula is C8H11N3OS. The molecule has 0 spiro atoms. The van der Waals surface area contributed by atoms with Gasteiger partial charge in [0.1, 0.15) is 0 Å². The van der Waals surface area contributed by atoms with Gasteiger partial charge in [-0.25, -0.2) is 4.98 Å². The lowest BCUT2D eigenvalue weighted by molar-refractivity contribution is -0.119. The van der Waals surface area contributed by atoms with Gasteiger partial charge in [0.15, 0.2) is 5.16 Å². The van der Waals surface area contributed by atoms with E-state index in [4.69, 9.17) is 0 Å². The van der Waals surface area contributed by atoms with Crippen LogP contribution in [0.15, 0.2) is 17.6 Å². The van der Waals surface area contributed by atoms with Crippen LogP contribution >= 0.6 is 11.8 Å². The van der Waals surface area contributed by atoms with Gasteiger partial charge in [-0.3, -0.25) is 4.79 Å². The summed E-state index contributed by atoms with van der Waals surface area (Å²) >= 11 is 1.64. The first kappa shape index (κ1) is 8.62. The van der Waals surface area contributed by atoms with E-state index in [1.807, 2.05) is 0 Å². The number of hydrogen-bond donors (Lipinski definition) is 2. The van der Waals surface area contributed by atoms with Crippen molar-refractivity contribution in [3.05, 3.63) is 12.4 Å². The monoisotopic (exact) mass is 197 g/mol. The van der Waals surface area contributed by atoms with Crippen LogP contribution in [0.1, 0.15) is 12.8 Å². The molecule has 1 aliphatic heterocycles. The van der Waals surface area contributed by atoms with Crippen LogP contribution in [-0.2, 0) is 4.79 Å². The quantitative estimate of drug-likeness (QED) is 0.704. The molecule has 2 rings (SSSR count). The summed E-state index contributed by atoms with van der Waals surface area (Å²) in [4.78, 5) is 18.0. The molecule has 1 saturated heterocycles. The Morgan fingerprint density at radius 1 is 1.69 bits per heavy atom. The third-order valence-corrected chi connectivity index (χ3v) is 3.05. The second kappa shape index (κ2) is 3.83. The van der Waals surface area contributed by atoms with Crippen molar-refractivity contribution in [1.29, 1.82) is 0 Å². The molecule has 13 heavy (non-hydrogen) atoms. The maximum absolute atomic E-state index is 10.9. The first-order valence-corrected chi connectivity index (χ1v) is 5.25. The lowest BCUT2D eigenvalue weighted by Crippen LogP contribution is -2.27. The van der Waals surface area contributed by atoms with Crippen LogP contribution in [0.3, 0.4) is 0 Å². The third kappa shape index (κ3) is 2.24. The normalized spacial score (nSPS) is 21.8. The number of carbonyl (C=O) groups excluding carboxylic acids is 1. The van der Waals surface area contributed by atoms with Crippen molar-refractivity contribution in [2.24, 2.45) is 0 Å². The van der Waals surface area contributed by atoms with Gasteiger partial charge in [0.05, 0.1) is 0 Å². The summed E-state index contributed by atoms with van der Waals surface area (Å²) in [7, 11) is 0. The summed E-state index contributed by atoms with van der Waals surface area (Å²) in [6, 6.07) is 0.322.